The molecule has 1 aromatic carbocycles. The van der Waals surface area contributed by atoms with Gasteiger partial charge in [0.25, 0.3) is 0 Å². The molecule has 0 spiro atoms. The number of anilines is 1. The van der Waals surface area contributed by atoms with Gasteiger partial charge in [-0.15, -0.1) is 0 Å². The molecule has 1 aromatic heterocycles. The van der Waals surface area contributed by atoms with Crippen molar-refractivity contribution in [2.75, 3.05) is 11.4 Å². The molecule has 0 bridgehead atoms. The van der Waals surface area contributed by atoms with Crippen LogP contribution in [0.5, 0.6) is 0 Å². The van der Waals surface area contributed by atoms with Crippen molar-refractivity contribution in [3.63, 3.8) is 0 Å². The predicted octanol–water partition coefficient (Wildman–Crippen LogP) is 1.25. The number of carbonyl (C=O) groups excluding carboxylic acids is 1. The van der Waals surface area contributed by atoms with E-state index in [1.165, 1.54) is 0 Å². The van der Waals surface area contributed by atoms with E-state index in [1.807, 2.05) is 6.20 Å². The Hall–Kier alpha value is -2.63. The van der Waals surface area contributed by atoms with Crippen LogP contribution >= 0.6 is 0 Å². The monoisotopic (exact) mass is 285 g/mol. The van der Waals surface area contributed by atoms with E-state index < -0.39 is 5.97 Å². The summed E-state index contributed by atoms with van der Waals surface area (Å²) in [6.45, 7) is 0.595. The molecule has 1 aliphatic heterocycles. The third-order valence-electron chi connectivity index (χ3n) is 3.64. The lowest BCUT2D eigenvalue weighted by Crippen LogP contribution is -2.30. The van der Waals surface area contributed by atoms with Gasteiger partial charge in [0.2, 0.25) is 5.91 Å². The lowest BCUT2D eigenvalue weighted by Gasteiger charge is -2.17. The van der Waals surface area contributed by atoms with Crippen LogP contribution < -0.4 is 4.90 Å². The van der Waals surface area contributed by atoms with Crippen molar-refractivity contribution in [1.82, 2.24) is 9.78 Å². The molecule has 1 N–H and O–H groups in total. The Labute approximate surface area is 121 Å². The SMILES string of the molecule is Cn1cc(CC(=O)N2CCc3ccc(C(=O)O)cc32)cn1. The zero-order valence-corrected chi connectivity index (χ0v) is 11.6. The van der Waals surface area contributed by atoms with E-state index >= 15 is 0 Å². The average molecular weight is 285 g/mol. The Kier molecular flexibility index (Phi) is 3.21. The van der Waals surface area contributed by atoms with E-state index in [1.54, 1.807) is 41.0 Å². The maximum Gasteiger partial charge on any atom is 0.335 e. The van der Waals surface area contributed by atoms with Gasteiger partial charge in [-0.05, 0) is 29.7 Å². The Bertz CT molecular complexity index is 721. The summed E-state index contributed by atoms with van der Waals surface area (Å²) < 4.78 is 1.66. The first-order valence-electron chi connectivity index (χ1n) is 6.68. The second kappa shape index (κ2) is 5.05. The van der Waals surface area contributed by atoms with Crippen molar-refractivity contribution in [1.29, 1.82) is 0 Å². The summed E-state index contributed by atoms with van der Waals surface area (Å²) in [5.74, 6) is -1.02. The fourth-order valence-corrected chi connectivity index (χ4v) is 2.60. The minimum Gasteiger partial charge on any atom is -0.478 e. The number of benzene rings is 1. The van der Waals surface area contributed by atoms with Crippen molar-refractivity contribution in [3.05, 3.63) is 47.3 Å². The zero-order chi connectivity index (χ0) is 15.0. The van der Waals surface area contributed by atoms with E-state index in [9.17, 15) is 9.59 Å². The highest BCUT2D eigenvalue weighted by atomic mass is 16.4. The van der Waals surface area contributed by atoms with Crippen LogP contribution in [0.2, 0.25) is 0 Å². The first kappa shape index (κ1) is 13.4. The van der Waals surface area contributed by atoms with E-state index in [2.05, 4.69) is 5.10 Å². The second-order valence-corrected chi connectivity index (χ2v) is 5.14. The molecular weight excluding hydrogens is 270 g/mol. The highest BCUT2D eigenvalue weighted by molar-refractivity contribution is 5.98. The number of fused-ring (bicyclic) bond motifs is 1. The summed E-state index contributed by atoms with van der Waals surface area (Å²) in [6.07, 6.45) is 4.50. The zero-order valence-electron chi connectivity index (χ0n) is 11.6. The van der Waals surface area contributed by atoms with Crippen LogP contribution in [-0.4, -0.2) is 33.3 Å². The molecule has 0 saturated heterocycles. The Morgan fingerprint density at radius 2 is 2.19 bits per heavy atom. The van der Waals surface area contributed by atoms with Crippen molar-refractivity contribution >= 4 is 17.6 Å². The van der Waals surface area contributed by atoms with Crippen LogP contribution in [-0.2, 0) is 24.7 Å². The number of aromatic nitrogens is 2. The van der Waals surface area contributed by atoms with Crippen molar-refractivity contribution < 1.29 is 14.7 Å². The number of rotatable bonds is 3. The Morgan fingerprint density at radius 1 is 1.38 bits per heavy atom. The summed E-state index contributed by atoms with van der Waals surface area (Å²) in [5.41, 5.74) is 2.78. The largest absolute Gasteiger partial charge is 0.478 e. The minimum atomic E-state index is -0.982. The molecule has 2 aromatic rings. The third kappa shape index (κ3) is 2.52. The Balaban J connectivity index is 1.84. The first-order chi connectivity index (χ1) is 10.0. The molecule has 0 fully saturated rings. The molecule has 0 saturated carbocycles. The minimum absolute atomic E-state index is 0.0377. The maximum absolute atomic E-state index is 12.4. The molecule has 6 nitrogen and oxygen atoms in total. The van der Waals surface area contributed by atoms with Crippen LogP contribution in [0.4, 0.5) is 5.69 Å². The standard InChI is InChI=1S/C15H15N3O3/c1-17-9-10(8-16-17)6-14(19)18-5-4-11-2-3-12(15(20)21)7-13(11)18/h2-3,7-9H,4-6H2,1H3,(H,20,21). The molecule has 108 valence electrons. The van der Waals surface area contributed by atoms with Gasteiger partial charge in [-0.1, -0.05) is 6.07 Å². The molecule has 0 radical (unpaired) electrons. The number of aromatic carboxylic acids is 1. The van der Waals surface area contributed by atoms with Gasteiger partial charge in [-0.25, -0.2) is 4.79 Å². The smallest absolute Gasteiger partial charge is 0.335 e. The number of hydrogen-bond donors (Lipinski definition) is 1. The summed E-state index contributed by atoms with van der Waals surface area (Å²) in [4.78, 5) is 25.1. The van der Waals surface area contributed by atoms with Crippen molar-refractivity contribution in [2.24, 2.45) is 7.05 Å². The van der Waals surface area contributed by atoms with Crippen LogP contribution in [0.15, 0.2) is 30.6 Å². The van der Waals surface area contributed by atoms with Crippen LogP contribution in [0, 0.1) is 0 Å². The van der Waals surface area contributed by atoms with Gasteiger partial charge in [0, 0.05) is 25.5 Å². The fraction of sp³-hybridized carbons (Fsp3) is 0.267. The van der Waals surface area contributed by atoms with Crippen LogP contribution in [0.3, 0.4) is 0 Å². The normalized spacial score (nSPS) is 13.3. The molecule has 0 unspecified atom stereocenters. The van der Waals surface area contributed by atoms with E-state index in [4.69, 9.17) is 5.11 Å². The van der Waals surface area contributed by atoms with Gasteiger partial charge in [-0.2, -0.15) is 5.10 Å². The summed E-state index contributed by atoms with van der Waals surface area (Å²) >= 11 is 0. The Morgan fingerprint density at radius 3 is 2.86 bits per heavy atom. The molecule has 1 aliphatic rings. The highest BCUT2D eigenvalue weighted by Crippen LogP contribution is 2.29. The van der Waals surface area contributed by atoms with Crippen LogP contribution in [0.25, 0.3) is 0 Å². The molecule has 21 heavy (non-hydrogen) atoms. The van der Waals surface area contributed by atoms with Gasteiger partial charge in [0.1, 0.15) is 0 Å². The van der Waals surface area contributed by atoms with E-state index in [0.29, 0.717) is 12.2 Å². The quantitative estimate of drug-likeness (QED) is 0.921. The van der Waals surface area contributed by atoms with Crippen molar-refractivity contribution in [3.8, 4) is 0 Å². The van der Waals surface area contributed by atoms with E-state index in [-0.39, 0.29) is 17.9 Å². The number of aryl methyl sites for hydroxylation is 1. The molecule has 2 heterocycles. The van der Waals surface area contributed by atoms with Gasteiger partial charge in [0.05, 0.1) is 18.2 Å². The molecule has 1 amide bonds. The number of nitrogens with zero attached hydrogens (tertiary/aromatic N) is 3. The number of carboxylic acid groups (broad SMARTS) is 1. The molecule has 6 heteroatoms. The van der Waals surface area contributed by atoms with Gasteiger partial charge in [-0.3, -0.25) is 9.48 Å². The first-order valence-corrected chi connectivity index (χ1v) is 6.68. The lowest BCUT2D eigenvalue weighted by molar-refractivity contribution is -0.117. The number of hydrogen-bond acceptors (Lipinski definition) is 3. The number of carbonyl (C=O) groups is 2. The summed E-state index contributed by atoms with van der Waals surface area (Å²) in [5, 5.41) is 13.1. The lowest BCUT2D eigenvalue weighted by atomic mass is 10.1. The molecular formula is C15H15N3O3. The second-order valence-electron chi connectivity index (χ2n) is 5.14. The number of carboxylic acids is 1. The molecule has 3 rings (SSSR count). The van der Waals surface area contributed by atoms with Gasteiger partial charge < -0.3 is 10.0 Å². The maximum atomic E-state index is 12.4. The van der Waals surface area contributed by atoms with Gasteiger partial charge >= 0.3 is 5.97 Å². The highest BCUT2D eigenvalue weighted by Gasteiger charge is 2.25. The van der Waals surface area contributed by atoms with Gasteiger partial charge in [0.15, 0.2) is 0 Å². The number of amides is 1. The summed E-state index contributed by atoms with van der Waals surface area (Å²) in [6, 6.07) is 4.94. The third-order valence-corrected chi connectivity index (χ3v) is 3.64. The average Bonchev–Trinajstić information content (AvgIpc) is 3.04. The predicted molar refractivity (Wildman–Crippen MR) is 76.4 cm³/mol. The molecule has 0 atom stereocenters. The van der Waals surface area contributed by atoms with E-state index in [0.717, 1.165) is 17.5 Å². The molecule has 0 aliphatic carbocycles. The van der Waals surface area contributed by atoms with Crippen molar-refractivity contribution in [2.45, 2.75) is 12.8 Å². The topological polar surface area (TPSA) is 75.4 Å². The fourth-order valence-electron chi connectivity index (χ4n) is 2.60. The van der Waals surface area contributed by atoms with Crippen LogP contribution in [0.1, 0.15) is 21.5 Å². The summed E-state index contributed by atoms with van der Waals surface area (Å²) in [7, 11) is 1.80.